The molecule has 0 bridgehead atoms. The Kier molecular flexibility index (Phi) is 4.16. The Bertz CT molecular complexity index is 410. The lowest BCUT2D eigenvalue weighted by Crippen LogP contribution is -2.27. The van der Waals surface area contributed by atoms with E-state index in [0.717, 1.165) is 0 Å². The van der Waals surface area contributed by atoms with Gasteiger partial charge >= 0.3 is 0 Å². The molecular formula is C13H24N4O. The summed E-state index contributed by atoms with van der Waals surface area (Å²) < 4.78 is 0. The standard InChI is InChI=1S/C13H24N4O/c1-12(2,3)11-16-9(14)6-10(17-11)15-7-13(4,5)8-18/h6,18H,7-8H2,1-5H3,(H3,14,15,16,17). The van der Waals surface area contributed by atoms with Gasteiger partial charge in [0.05, 0.1) is 0 Å². The second kappa shape index (κ2) is 5.10. The summed E-state index contributed by atoms with van der Waals surface area (Å²) in [6, 6.07) is 1.71. The zero-order valence-electron chi connectivity index (χ0n) is 11.9. The van der Waals surface area contributed by atoms with Gasteiger partial charge in [-0.25, -0.2) is 9.97 Å². The van der Waals surface area contributed by atoms with Gasteiger partial charge in [0.15, 0.2) is 0 Å². The number of aromatic nitrogens is 2. The number of hydrogen-bond donors (Lipinski definition) is 3. The smallest absolute Gasteiger partial charge is 0.138 e. The maximum absolute atomic E-state index is 9.21. The number of aliphatic hydroxyl groups excluding tert-OH is 1. The third-order valence-electron chi connectivity index (χ3n) is 2.59. The molecule has 18 heavy (non-hydrogen) atoms. The van der Waals surface area contributed by atoms with Gasteiger partial charge < -0.3 is 16.2 Å². The minimum Gasteiger partial charge on any atom is -0.396 e. The lowest BCUT2D eigenvalue weighted by Gasteiger charge is -2.23. The van der Waals surface area contributed by atoms with Crippen molar-refractivity contribution in [2.24, 2.45) is 5.41 Å². The van der Waals surface area contributed by atoms with Gasteiger partial charge in [0, 0.05) is 30.0 Å². The van der Waals surface area contributed by atoms with Crippen LogP contribution in [0.1, 0.15) is 40.4 Å². The number of aliphatic hydroxyl groups is 1. The van der Waals surface area contributed by atoms with Crippen molar-refractivity contribution in [3.05, 3.63) is 11.9 Å². The van der Waals surface area contributed by atoms with Gasteiger partial charge in [0.25, 0.3) is 0 Å². The first-order chi connectivity index (χ1) is 8.14. The molecule has 0 atom stereocenters. The van der Waals surface area contributed by atoms with Crippen LogP contribution in [0.5, 0.6) is 0 Å². The van der Waals surface area contributed by atoms with E-state index in [9.17, 15) is 5.11 Å². The van der Waals surface area contributed by atoms with E-state index in [-0.39, 0.29) is 17.4 Å². The number of hydrogen-bond acceptors (Lipinski definition) is 5. The molecule has 1 heterocycles. The van der Waals surface area contributed by atoms with Gasteiger partial charge in [0.2, 0.25) is 0 Å². The fourth-order valence-electron chi connectivity index (χ4n) is 1.28. The summed E-state index contributed by atoms with van der Waals surface area (Å²) in [5.41, 5.74) is 5.45. The van der Waals surface area contributed by atoms with Gasteiger partial charge in [-0.3, -0.25) is 0 Å². The van der Waals surface area contributed by atoms with Crippen molar-refractivity contribution in [3.8, 4) is 0 Å². The Morgan fingerprint density at radius 2 is 1.83 bits per heavy atom. The highest BCUT2D eigenvalue weighted by Gasteiger charge is 2.20. The van der Waals surface area contributed by atoms with Crippen molar-refractivity contribution in [2.45, 2.75) is 40.0 Å². The van der Waals surface area contributed by atoms with E-state index in [1.54, 1.807) is 6.07 Å². The fourth-order valence-corrected chi connectivity index (χ4v) is 1.28. The lowest BCUT2D eigenvalue weighted by molar-refractivity contribution is 0.170. The Morgan fingerprint density at radius 3 is 2.33 bits per heavy atom. The summed E-state index contributed by atoms with van der Waals surface area (Å²) in [6.07, 6.45) is 0. The number of nitrogens with zero attached hydrogens (tertiary/aromatic N) is 2. The summed E-state index contributed by atoms with van der Waals surface area (Å²) in [7, 11) is 0. The van der Waals surface area contributed by atoms with E-state index in [4.69, 9.17) is 5.73 Å². The first-order valence-corrected chi connectivity index (χ1v) is 6.14. The third kappa shape index (κ3) is 4.14. The van der Waals surface area contributed by atoms with Gasteiger partial charge in [-0.2, -0.15) is 0 Å². The Hall–Kier alpha value is -1.36. The van der Waals surface area contributed by atoms with Crippen LogP contribution in [0.15, 0.2) is 6.07 Å². The van der Waals surface area contributed by atoms with Crippen molar-refractivity contribution in [3.63, 3.8) is 0 Å². The van der Waals surface area contributed by atoms with Crippen molar-refractivity contribution in [1.29, 1.82) is 0 Å². The van der Waals surface area contributed by atoms with E-state index in [1.807, 2.05) is 34.6 Å². The number of nitrogen functional groups attached to an aromatic ring is 1. The molecule has 1 aromatic rings. The summed E-state index contributed by atoms with van der Waals surface area (Å²) in [5.74, 6) is 1.87. The molecule has 5 nitrogen and oxygen atoms in total. The van der Waals surface area contributed by atoms with Gasteiger partial charge in [-0.15, -0.1) is 0 Å². The zero-order valence-corrected chi connectivity index (χ0v) is 11.9. The van der Waals surface area contributed by atoms with Crippen LogP contribution in [-0.2, 0) is 5.41 Å². The second-order valence-electron chi connectivity index (χ2n) is 6.43. The molecule has 0 amide bonds. The number of nitrogens with one attached hydrogen (secondary N) is 1. The van der Waals surface area contributed by atoms with Crippen LogP contribution in [0, 0.1) is 5.41 Å². The molecule has 4 N–H and O–H groups in total. The summed E-state index contributed by atoms with van der Waals surface area (Å²) >= 11 is 0. The van der Waals surface area contributed by atoms with E-state index in [1.165, 1.54) is 0 Å². The van der Waals surface area contributed by atoms with Crippen LogP contribution >= 0.6 is 0 Å². The largest absolute Gasteiger partial charge is 0.396 e. The summed E-state index contributed by atoms with van der Waals surface area (Å²) in [4.78, 5) is 8.71. The zero-order chi connectivity index (χ0) is 14.0. The average molecular weight is 252 g/mol. The third-order valence-corrected chi connectivity index (χ3v) is 2.59. The van der Waals surface area contributed by atoms with Gasteiger partial charge in [-0.05, 0) is 0 Å². The van der Waals surface area contributed by atoms with Crippen molar-refractivity contribution in [2.75, 3.05) is 24.2 Å². The first-order valence-electron chi connectivity index (χ1n) is 6.14. The molecule has 0 aliphatic carbocycles. The van der Waals surface area contributed by atoms with Crippen molar-refractivity contribution >= 4 is 11.6 Å². The molecule has 0 aliphatic rings. The van der Waals surface area contributed by atoms with Crippen LogP contribution in [0.2, 0.25) is 0 Å². The first kappa shape index (κ1) is 14.7. The average Bonchev–Trinajstić information content (AvgIpc) is 2.25. The highest BCUT2D eigenvalue weighted by molar-refractivity contribution is 5.45. The molecule has 0 radical (unpaired) electrons. The number of rotatable bonds is 4. The normalized spacial score (nSPS) is 12.6. The second-order valence-corrected chi connectivity index (χ2v) is 6.43. The molecule has 0 aromatic carbocycles. The van der Waals surface area contributed by atoms with Crippen LogP contribution in [0.3, 0.4) is 0 Å². The fraction of sp³-hybridized carbons (Fsp3) is 0.692. The molecule has 102 valence electrons. The monoisotopic (exact) mass is 252 g/mol. The molecule has 0 fully saturated rings. The number of anilines is 2. The SMILES string of the molecule is CC(C)(CO)CNc1cc(N)nc(C(C)(C)C)n1. The maximum Gasteiger partial charge on any atom is 0.138 e. The van der Waals surface area contributed by atoms with Crippen LogP contribution in [0.4, 0.5) is 11.6 Å². The minimum atomic E-state index is -0.193. The topological polar surface area (TPSA) is 84.1 Å². The Morgan fingerprint density at radius 1 is 1.22 bits per heavy atom. The van der Waals surface area contributed by atoms with Crippen LogP contribution in [-0.4, -0.2) is 28.2 Å². The van der Waals surface area contributed by atoms with E-state index in [2.05, 4.69) is 15.3 Å². The highest BCUT2D eigenvalue weighted by Crippen LogP contribution is 2.22. The maximum atomic E-state index is 9.21. The van der Waals surface area contributed by atoms with Gasteiger partial charge in [0.1, 0.15) is 17.5 Å². The van der Waals surface area contributed by atoms with Crippen LogP contribution < -0.4 is 11.1 Å². The molecule has 0 aliphatic heterocycles. The van der Waals surface area contributed by atoms with E-state index in [0.29, 0.717) is 24.0 Å². The van der Waals surface area contributed by atoms with E-state index >= 15 is 0 Å². The molecule has 5 heteroatoms. The Labute approximate surface area is 109 Å². The van der Waals surface area contributed by atoms with Crippen molar-refractivity contribution in [1.82, 2.24) is 9.97 Å². The minimum absolute atomic E-state index is 0.118. The highest BCUT2D eigenvalue weighted by atomic mass is 16.3. The number of nitrogens with two attached hydrogens (primary N) is 1. The van der Waals surface area contributed by atoms with Crippen molar-refractivity contribution < 1.29 is 5.11 Å². The Balaban J connectivity index is 2.88. The van der Waals surface area contributed by atoms with Crippen LogP contribution in [0.25, 0.3) is 0 Å². The molecule has 1 rings (SSSR count). The quantitative estimate of drug-likeness (QED) is 0.760. The molecule has 0 saturated heterocycles. The molecule has 0 spiro atoms. The molecular weight excluding hydrogens is 228 g/mol. The lowest BCUT2D eigenvalue weighted by atomic mass is 9.95. The predicted molar refractivity (Wildman–Crippen MR) is 74.5 cm³/mol. The predicted octanol–water partition coefficient (Wildman–Crippen LogP) is 1.79. The summed E-state index contributed by atoms with van der Waals surface area (Å²) in [5, 5.41) is 12.4. The molecule has 1 aromatic heterocycles. The summed E-state index contributed by atoms with van der Waals surface area (Å²) in [6.45, 7) is 10.8. The molecule has 0 unspecified atom stereocenters. The van der Waals surface area contributed by atoms with Gasteiger partial charge in [-0.1, -0.05) is 34.6 Å². The van der Waals surface area contributed by atoms with E-state index < -0.39 is 0 Å². The molecule has 0 saturated carbocycles.